The van der Waals surface area contributed by atoms with E-state index < -0.39 is 0 Å². The number of rotatable bonds is 4. The first kappa shape index (κ1) is 15.6. The van der Waals surface area contributed by atoms with E-state index in [1.54, 1.807) is 18.5 Å². The standard InChI is InChI=1S/C16H13ClN4OS/c1-10(20-15(22)12-4-7-19-14(17)8-12)16-21-13(9-23-16)11-2-5-18-6-3-11/h2-10H,1H3,(H,20,22)/t10-/m0/s1. The molecule has 0 aliphatic rings. The maximum Gasteiger partial charge on any atom is 0.251 e. The molecule has 0 aliphatic heterocycles. The predicted molar refractivity (Wildman–Crippen MR) is 90.5 cm³/mol. The highest BCUT2D eigenvalue weighted by molar-refractivity contribution is 7.10. The molecule has 1 atom stereocenters. The van der Waals surface area contributed by atoms with E-state index in [4.69, 9.17) is 11.6 Å². The van der Waals surface area contributed by atoms with Crippen LogP contribution < -0.4 is 5.32 Å². The highest BCUT2D eigenvalue weighted by Gasteiger charge is 2.15. The Hall–Kier alpha value is -2.31. The Morgan fingerprint density at radius 1 is 1.26 bits per heavy atom. The fourth-order valence-corrected chi connectivity index (χ4v) is 3.04. The maximum absolute atomic E-state index is 12.2. The third-order valence-electron chi connectivity index (χ3n) is 3.20. The lowest BCUT2D eigenvalue weighted by atomic mass is 10.2. The van der Waals surface area contributed by atoms with Gasteiger partial charge in [0, 0.05) is 35.1 Å². The summed E-state index contributed by atoms with van der Waals surface area (Å²) in [5.41, 5.74) is 2.35. The maximum atomic E-state index is 12.2. The number of carbonyl (C=O) groups excluding carboxylic acids is 1. The van der Waals surface area contributed by atoms with Gasteiger partial charge in [0.2, 0.25) is 0 Å². The zero-order valence-corrected chi connectivity index (χ0v) is 13.8. The van der Waals surface area contributed by atoms with Crippen LogP contribution in [0.5, 0.6) is 0 Å². The van der Waals surface area contributed by atoms with E-state index in [0.717, 1.165) is 16.3 Å². The number of pyridine rings is 2. The minimum absolute atomic E-state index is 0.199. The molecule has 3 rings (SSSR count). The molecule has 0 saturated heterocycles. The van der Waals surface area contributed by atoms with Crippen molar-refractivity contribution >= 4 is 28.8 Å². The Morgan fingerprint density at radius 3 is 2.78 bits per heavy atom. The second-order valence-corrected chi connectivity index (χ2v) is 6.15. The van der Waals surface area contributed by atoms with Crippen molar-refractivity contribution in [1.29, 1.82) is 0 Å². The first-order chi connectivity index (χ1) is 11.1. The minimum Gasteiger partial charge on any atom is -0.343 e. The van der Waals surface area contributed by atoms with Crippen molar-refractivity contribution < 1.29 is 4.79 Å². The second-order valence-electron chi connectivity index (χ2n) is 4.87. The number of carbonyl (C=O) groups is 1. The van der Waals surface area contributed by atoms with Gasteiger partial charge in [-0.2, -0.15) is 0 Å². The molecule has 0 bridgehead atoms. The molecule has 0 radical (unpaired) electrons. The smallest absolute Gasteiger partial charge is 0.251 e. The molecule has 0 aliphatic carbocycles. The van der Waals surface area contributed by atoms with Gasteiger partial charge >= 0.3 is 0 Å². The van der Waals surface area contributed by atoms with Crippen molar-refractivity contribution in [1.82, 2.24) is 20.3 Å². The summed E-state index contributed by atoms with van der Waals surface area (Å²) in [6.07, 6.45) is 4.96. The number of thiazole rings is 1. The van der Waals surface area contributed by atoms with Crippen LogP contribution >= 0.6 is 22.9 Å². The van der Waals surface area contributed by atoms with Crippen LogP contribution in [0.2, 0.25) is 5.15 Å². The summed E-state index contributed by atoms with van der Waals surface area (Å²) in [6, 6.07) is 6.77. The Morgan fingerprint density at radius 2 is 2.04 bits per heavy atom. The van der Waals surface area contributed by atoms with Crippen LogP contribution in [0.25, 0.3) is 11.3 Å². The lowest BCUT2D eigenvalue weighted by Gasteiger charge is -2.11. The Kier molecular flexibility index (Phi) is 4.64. The number of nitrogens with one attached hydrogen (secondary N) is 1. The molecule has 3 heterocycles. The lowest BCUT2D eigenvalue weighted by Crippen LogP contribution is -2.26. The molecule has 5 nitrogen and oxygen atoms in total. The quantitative estimate of drug-likeness (QED) is 0.732. The van der Waals surface area contributed by atoms with Gasteiger partial charge in [-0.25, -0.2) is 9.97 Å². The second kappa shape index (κ2) is 6.85. The van der Waals surface area contributed by atoms with Crippen molar-refractivity contribution in [2.75, 3.05) is 0 Å². The fourth-order valence-electron chi connectivity index (χ4n) is 2.03. The Bertz CT molecular complexity index is 822. The van der Waals surface area contributed by atoms with Crippen LogP contribution in [0, 0.1) is 0 Å². The topological polar surface area (TPSA) is 67.8 Å². The van der Waals surface area contributed by atoms with Gasteiger partial charge in [-0.1, -0.05) is 11.6 Å². The number of amides is 1. The van der Waals surface area contributed by atoms with Gasteiger partial charge in [0.1, 0.15) is 10.2 Å². The molecule has 0 fully saturated rings. The zero-order chi connectivity index (χ0) is 16.2. The number of aromatic nitrogens is 3. The van der Waals surface area contributed by atoms with Gasteiger partial charge in [-0.3, -0.25) is 9.78 Å². The molecule has 7 heteroatoms. The highest BCUT2D eigenvalue weighted by Crippen LogP contribution is 2.25. The van der Waals surface area contributed by atoms with Crippen LogP contribution in [0.1, 0.15) is 28.3 Å². The molecule has 1 N–H and O–H groups in total. The van der Waals surface area contributed by atoms with Crippen molar-refractivity contribution in [2.45, 2.75) is 13.0 Å². The normalized spacial score (nSPS) is 11.9. The van der Waals surface area contributed by atoms with E-state index in [0.29, 0.717) is 10.7 Å². The molecule has 0 unspecified atom stereocenters. The van der Waals surface area contributed by atoms with Crippen LogP contribution in [0.4, 0.5) is 0 Å². The number of hydrogen-bond acceptors (Lipinski definition) is 5. The summed E-state index contributed by atoms with van der Waals surface area (Å²) < 4.78 is 0. The molecule has 0 saturated carbocycles. The average Bonchev–Trinajstić information content (AvgIpc) is 3.06. The SMILES string of the molecule is C[C@H](NC(=O)c1ccnc(Cl)c1)c1nc(-c2ccncc2)cs1. The monoisotopic (exact) mass is 344 g/mol. The molecule has 1 amide bonds. The Labute approximate surface area is 142 Å². The van der Waals surface area contributed by atoms with Crippen LogP contribution in [0.3, 0.4) is 0 Å². The molecular weight excluding hydrogens is 332 g/mol. The highest BCUT2D eigenvalue weighted by atomic mass is 35.5. The summed E-state index contributed by atoms with van der Waals surface area (Å²) in [5, 5.41) is 6.01. The third-order valence-corrected chi connectivity index (χ3v) is 4.44. The van der Waals surface area contributed by atoms with Gasteiger partial charge in [0.05, 0.1) is 11.7 Å². The number of nitrogens with zero attached hydrogens (tertiary/aromatic N) is 3. The van der Waals surface area contributed by atoms with E-state index in [9.17, 15) is 4.79 Å². The van der Waals surface area contributed by atoms with Crippen molar-refractivity contribution in [3.8, 4) is 11.3 Å². The lowest BCUT2D eigenvalue weighted by molar-refractivity contribution is 0.0939. The van der Waals surface area contributed by atoms with Crippen molar-refractivity contribution in [3.05, 3.63) is 64.0 Å². The molecule has 3 aromatic rings. The first-order valence-electron chi connectivity index (χ1n) is 6.92. The molecular formula is C16H13ClN4OS. The van der Waals surface area contributed by atoms with E-state index in [2.05, 4.69) is 20.3 Å². The third kappa shape index (κ3) is 3.72. The number of halogens is 1. The van der Waals surface area contributed by atoms with Gasteiger partial charge < -0.3 is 5.32 Å². The fraction of sp³-hybridized carbons (Fsp3) is 0.125. The van der Waals surface area contributed by atoms with E-state index in [1.165, 1.54) is 23.6 Å². The average molecular weight is 345 g/mol. The van der Waals surface area contributed by atoms with Gasteiger partial charge in [-0.05, 0) is 31.2 Å². The van der Waals surface area contributed by atoms with Crippen LogP contribution in [0.15, 0.2) is 48.2 Å². The van der Waals surface area contributed by atoms with Gasteiger partial charge in [-0.15, -0.1) is 11.3 Å². The number of hydrogen-bond donors (Lipinski definition) is 1. The molecule has 23 heavy (non-hydrogen) atoms. The zero-order valence-electron chi connectivity index (χ0n) is 12.2. The van der Waals surface area contributed by atoms with Crippen molar-refractivity contribution in [3.63, 3.8) is 0 Å². The molecule has 0 aromatic carbocycles. The summed E-state index contributed by atoms with van der Waals surface area (Å²) in [4.78, 5) is 24.7. The minimum atomic E-state index is -0.206. The van der Waals surface area contributed by atoms with E-state index in [1.807, 2.05) is 24.4 Å². The summed E-state index contributed by atoms with van der Waals surface area (Å²) in [6.45, 7) is 1.90. The summed E-state index contributed by atoms with van der Waals surface area (Å²) in [5.74, 6) is -0.206. The molecule has 116 valence electrons. The van der Waals surface area contributed by atoms with Gasteiger partial charge in [0.15, 0.2) is 0 Å². The van der Waals surface area contributed by atoms with E-state index in [-0.39, 0.29) is 11.9 Å². The molecule has 3 aromatic heterocycles. The largest absolute Gasteiger partial charge is 0.343 e. The van der Waals surface area contributed by atoms with Crippen LogP contribution in [-0.2, 0) is 0 Å². The van der Waals surface area contributed by atoms with Crippen LogP contribution in [-0.4, -0.2) is 20.9 Å². The first-order valence-corrected chi connectivity index (χ1v) is 8.17. The molecule has 0 spiro atoms. The summed E-state index contributed by atoms with van der Waals surface area (Å²) in [7, 11) is 0. The predicted octanol–water partition coefficient (Wildman–Crippen LogP) is 3.74. The van der Waals surface area contributed by atoms with Gasteiger partial charge in [0.25, 0.3) is 5.91 Å². The Balaban J connectivity index is 1.73. The summed E-state index contributed by atoms with van der Waals surface area (Å²) >= 11 is 7.32. The van der Waals surface area contributed by atoms with E-state index >= 15 is 0 Å². The van der Waals surface area contributed by atoms with Crippen molar-refractivity contribution in [2.24, 2.45) is 0 Å².